The van der Waals surface area contributed by atoms with Crippen LogP contribution in [0.25, 0.3) is 0 Å². The predicted molar refractivity (Wildman–Crippen MR) is 103 cm³/mol. The molecule has 2 radical (unpaired) electrons. The number of hydrogen-bond acceptors (Lipinski definition) is 6. The highest BCUT2D eigenvalue weighted by atomic mass is 16.6. The van der Waals surface area contributed by atoms with Crippen LogP contribution in [0.4, 0.5) is 27.7 Å². The van der Waals surface area contributed by atoms with Crippen LogP contribution in [0.2, 0.25) is 0 Å². The molecule has 27 heavy (non-hydrogen) atoms. The number of benzene rings is 1. The Morgan fingerprint density at radius 1 is 1.33 bits per heavy atom. The number of anilines is 3. The predicted octanol–water partition coefficient (Wildman–Crippen LogP) is 2.82. The Labute approximate surface area is 158 Å². The molecular formula is C18H19BN4O4. The molecule has 0 unspecified atom stereocenters. The van der Waals surface area contributed by atoms with E-state index in [0.29, 0.717) is 18.7 Å². The van der Waals surface area contributed by atoms with Crippen LogP contribution in [0.1, 0.15) is 26.3 Å². The zero-order chi connectivity index (χ0) is 19.8. The Morgan fingerprint density at radius 3 is 2.74 bits per heavy atom. The van der Waals surface area contributed by atoms with E-state index in [2.05, 4.69) is 10.3 Å². The summed E-state index contributed by atoms with van der Waals surface area (Å²) < 4.78 is 5.43. The van der Waals surface area contributed by atoms with Crippen LogP contribution in [0.15, 0.2) is 30.3 Å². The lowest BCUT2D eigenvalue weighted by molar-refractivity contribution is -0.384. The van der Waals surface area contributed by atoms with Crippen LogP contribution in [0, 0.1) is 10.1 Å². The Morgan fingerprint density at radius 2 is 2.07 bits per heavy atom. The van der Waals surface area contributed by atoms with E-state index in [1.807, 2.05) is 26.8 Å². The first-order valence-electron chi connectivity index (χ1n) is 8.45. The smallest absolute Gasteiger partial charge is 0.414 e. The van der Waals surface area contributed by atoms with Crippen LogP contribution in [0.3, 0.4) is 0 Å². The third-order valence-electron chi connectivity index (χ3n) is 3.94. The second kappa shape index (κ2) is 6.90. The molecule has 0 saturated heterocycles. The number of amides is 1. The van der Waals surface area contributed by atoms with E-state index in [9.17, 15) is 14.9 Å². The van der Waals surface area contributed by atoms with Gasteiger partial charge in [-0.05, 0) is 62.6 Å². The van der Waals surface area contributed by atoms with Crippen LogP contribution in [0.5, 0.6) is 0 Å². The van der Waals surface area contributed by atoms with Crippen molar-refractivity contribution >= 4 is 42.4 Å². The number of pyridine rings is 1. The summed E-state index contributed by atoms with van der Waals surface area (Å²) in [7, 11) is 5.64. The zero-order valence-electron chi connectivity index (χ0n) is 15.4. The summed E-state index contributed by atoms with van der Waals surface area (Å²) >= 11 is 0. The molecule has 1 aliphatic heterocycles. The number of carbonyl (C=O) groups is 1. The molecule has 1 N–H and O–H groups in total. The number of nitro groups is 1. The fourth-order valence-electron chi connectivity index (χ4n) is 2.83. The van der Waals surface area contributed by atoms with Crippen molar-refractivity contribution in [1.82, 2.24) is 4.98 Å². The van der Waals surface area contributed by atoms with Crippen LogP contribution >= 0.6 is 0 Å². The lowest BCUT2D eigenvalue weighted by Crippen LogP contribution is -2.35. The van der Waals surface area contributed by atoms with Crippen molar-refractivity contribution in [3.63, 3.8) is 0 Å². The molecule has 0 aliphatic carbocycles. The van der Waals surface area contributed by atoms with Gasteiger partial charge in [0.15, 0.2) is 0 Å². The summed E-state index contributed by atoms with van der Waals surface area (Å²) in [4.78, 5) is 28.6. The molecule has 9 heteroatoms. The number of carbonyl (C=O) groups excluding carboxylic acids is 1. The number of nitrogens with zero attached hydrogens (tertiary/aromatic N) is 3. The molecule has 0 atom stereocenters. The Kier molecular flexibility index (Phi) is 4.78. The lowest BCUT2D eigenvalue weighted by Gasteiger charge is -2.24. The molecule has 0 bridgehead atoms. The summed E-state index contributed by atoms with van der Waals surface area (Å²) in [5.74, 6) is 0.0712. The zero-order valence-corrected chi connectivity index (χ0v) is 15.4. The largest absolute Gasteiger partial charge is 0.443 e. The maximum Gasteiger partial charge on any atom is 0.414 e. The Hall–Kier alpha value is -3.10. The van der Waals surface area contributed by atoms with Gasteiger partial charge in [-0.25, -0.2) is 9.78 Å². The second-order valence-electron chi connectivity index (χ2n) is 7.21. The summed E-state index contributed by atoms with van der Waals surface area (Å²) in [6, 6.07) is 8.05. The summed E-state index contributed by atoms with van der Waals surface area (Å²) in [6.07, 6.45) is 0.270. The standard InChI is InChI=1S/C18H19BN4O4/c1-18(2,3)27-17(24)22-9-8-11-10-12(4-5-13(11)22)20-16-14(23(25)26)6-7-15(19)21-16/h4-7,10H,8-9H2,1-3H3,(H,20,21). The lowest BCUT2D eigenvalue weighted by atomic mass is 10.0. The van der Waals surface area contributed by atoms with Crippen molar-refractivity contribution in [3.8, 4) is 0 Å². The van der Waals surface area contributed by atoms with Crippen molar-refractivity contribution in [2.75, 3.05) is 16.8 Å². The Balaban J connectivity index is 1.84. The average Bonchev–Trinajstić information content (AvgIpc) is 2.96. The minimum absolute atomic E-state index is 0.0712. The first-order valence-corrected chi connectivity index (χ1v) is 8.45. The molecule has 0 fully saturated rings. The topological polar surface area (TPSA) is 97.6 Å². The monoisotopic (exact) mass is 366 g/mol. The van der Waals surface area contributed by atoms with Crippen LogP contribution in [-0.4, -0.2) is 36.0 Å². The van der Waals surface area contributed by atoms with E-state index >= 15 is 0 Å². The number of aromatic nitrogens is 1. The van der Waals surface area contributed by atoms with Gasteiger partial charge in [0.25, 0.3) is 0 Å². The minimum atomic E-state index is -0.570. The third-order valence-corrected chi connectivity index (χ3v) is 3.94. The van der Waals surface area contributed by atoms with Crippen molar-refractivity contribution < 1.29 is 14.5 Å². The van der Waals surface area contributed by atoms with E-state index in [0.717, 1.165) is 11.3 Å². The molecule has 1 amide bonds. The van der Waals surface area contributed by atoms with Crippen molar-refractivity contribution in [3.05, 3.63) is 46.0 Å². The van der Waals surface area contributed by atoms with Gasteiger partial charge in [0, 0.05) is 18.3 Å². The number of rotatable bonds is 3. The highest BCUT2D eigenvalue weighted by Crippen LogP contribution is 2.33. The quantitative estimate of drug-likeness (QED) is 0.510. The third kappa shape index (κ3) is 4.19. The molecule has 0 saturated carbocycles. The summed E-state index contributed by atoms with van der Waals surface area (Å²) in [6.45, 7) is 5.98. The van der Waals surface area contributed by atoms with E-state index in [4.69, 9.17) is 12.6 Å². The molecule has 8 nitrogen and oxygen atoms in total. The molecule has 1 aromatic carbocycles. The number of hydrogen-bond donors (Lipinski definition) is 1. The van der Waals surface area contributed by atoms with Gasteiger partial charge in [-0.1, -0.05) is 0 Å². The highest BCUT2D eigenvalue weighted by Gasteiger charge is 2.29. The van der Waals surface area contributed by atoms with Crippen molar-refractivity contribution in [2.24, 2.45) is 0 Å². The molecule has 0 spiro atoms. The van der Waals surface area contributed by atoms with Gasteiger partial charge in [-0.2, -0.15) is 0 Å². The van der Waals surface area contributed by atoms with E-state index in [-0.39, 0.29) is 17.1 Å². The fourth-order valence-corrected chi connectivity index (χ4v) is 2.83. The number of ether oxygens (including phenoxy) is 1. The maximum absolute atomic E-state index is 12.3. The molecule has 1 aromatic heterocycles. The number of fused-ring (bicyclic) bond motifs is 1. The van der Waals surface area contributed by atoms with Gasteiger partial charge in [-0.15, -0.1) is 0 Å². The number of nitrogens with one attached hydrogen (secondary N) is 1. The van der Waals surface area contributed by atoms with Crippen LogP contribution < -0.4 is 15.8 Å². The van der Waals surface area contributed by atoms with E-state index in [1.54, 1.807) is 17.0 Å². The summed E-state index contributed by atoms with van der Waals surface area (Å²) in [5.41, 5.74) is 1.78. The molecule has 3 rings (SSSR count). The van der Waals surface area contributed by atoms with Gasteiger partial charge in [0.1, 0.15) is 13.4 Å². The molecule has 1 aliphatic rings. The molecule has 2 heterocycles. The van der Waals surface area contributed by atoms with Gasteiger partial charge in [0.05, 0.1) is 10.6 Å². The molecule has 2 aromatic rings. The van der Waals surface area contributed by atoms with Gasteiger partial charge >= 0.3 is 11.8 Å². The minimum Gasteiger partial charge on any atom is -0.443 e. The van der Waals surface area contributed by atoms with Crippen molar-refractivity contribution in [1.29, 1.82) is 0 Å². The summed E-state index contributed by atoms with van der Waals surface area (Å²) in [5, 5.41) is 14.1. The van der Waals surface area contributed by atoms with E-state index in [1.165, 1.54) is 12.1 Å². The van der Waals surface area contributed by atoms with E-state index < -0.39 is 16.6 Å². The van der Waals surface area contributed by atoms with Crippen LogP contribution in [-0.2, 0) is 11.2 Å². The van der Waals surface area contributed by atoms with Gasteiger partial charge in [-0.3, -0.25) is 15.0 Å². The van der Waals surface area contributed by atoms with Crippen molar-refractivity contribution in [2.45, 2.75) is 32.8 Å². The average molecular weight is 366 g/mol. The fraction of sp³-hybridized carbons (Fsp3) is 0.333. The normalized spacial score (nSPS) is 13.2. The first-order chi connectivity index (χ1) is 12.6. The maximum atomic E-state index is 12.3. The molecular weight excluding hydrogens is 347 g/mol. The van der Waals surface area contributed by atoms with Gasteiger partial charge in [0.2, 0.25) is 5.82 Å². The first kappa shape index (κ1) is 18.7. The molecule has 138 valence electrons. The van der Waals surface area contributed by atoms with Gasteiger partial charge < -0.3 is 10.1 Å². The second-order valence-corrected chi connectivity index (χ2v) is 7.21. The SMILES string of the molecule is [B]c1ccc([N+](=O)[O-])c(Nc2ccc3c(c2)CCN3C(=O)OC(C)(C)C)n1. The Bertz CT molecular complexity index is 911. The highest BCUT2D eigenvalue weighted by molar-refractivity contribution is 6.30.